The van der Waals surface area contributed by atoms with Gasteiger partial charge in [0.1, 0.15) is 4.88 Å². The van der Waals surface area contributed by atoms with Crippen molar-refractivity contribution in [1.29, 1.82) is 0 Å². The Morgan fingerprint density at radius 1 is 1.47 bits per heavy atom. The maximum absolute atomic E-state index is 11.7. The monoisotopic (exact) mass is 307 g/mol. The van der Waals surface area contributed by atoms with Crippen molar-refractivity contribution in [3.63, 3.8) is 0 Å². The average molecular weight is 307 g/mol. The van der Waals surface area contributed by atoms with Crippen molar-refractivity contribution < 1.29 is 27.9 Å². The summed E-state index contributed by atoms with van der Waals surface area (Å²) in [5.74, 6) is -2.97. The number of hydrogen-bond acceptors (Lipinski definition) is 6. The zero-order valence-corrected chi connectivity index (χ0v) is 11.9. The predicted molar refractivity (Wildman–Crippen MR) is 70.1 cm³/mol. The van der Waals surface area contributed by atoms with Crippen LogP contribution >= 0.6 is 11.3 Å². The van der Waals surface area contributed by atoms with Crippen molar-refractivity contribution in [3.05, 3.63) is 15.8 Å². The van der Waals surface area contributed by atoms with E-state index in [1.165, 1.54) is 5.38 Å². The van der Waals surface area contributed by atoms with E-state index in [9.17, 15) is 18.0 Å². The molecule has 1 aromatic heterocycles. The third kappa shape index (κ3) is 4.21. The molecule has 0 aliphatic heterocycles. The highest BCUT2D eigenvalue weighted by Gasteiger charge is 2.23. The highest BCUT2D eigenvalue weighted by molar-refractivity contribution is 7.93. The summed E-state index contributed by atoms with van der Waals surface area (Å²) in [4.78, 5) is 21.9. The maximum Gasteiger partial charge on any atom is 0.348 e. The summed E-state index contributed by atoms with van der Waals surface area (Å²) in [6, 6.07) is 0. The van der Waals surface area contributed by atoms with E-state index in [0.29, 0.717) is 5.56 Å². The Kier molecular flexibility index (Phi) is 4.90. The number of aryl methyl sites for hydroxylation is 1. The van der Waals surface area contributed by atoms with Gasteiger partial charge in [0.25, 0.3) is 0 Å². The molecule has 0 saturated carbocycles. The summed E-state index contributed by atoms with van der Waals surface area (Å²) in [7, 11) is -3.99. The van der Waals surface area contributed by atoms with E-state index in [2.05, 4.69) is 9.46 Å². The van der Waals surface area contributed by atoms with Crippen molar-refractivity contribution in [2.45, 2.75) is 13.8 Å². The summed E-state index contributed by atoms with van der Waals surface area (Å²) in [5.41, 5.74) is 0.469. The lowest BCUT2D eigenvalue weighted by atomic mass is 10.3. The summed E-state index contributed by atoms with van der Waals surface area (Å²) in [6.07, 6.45) is 0. The van der Waals surface area contributed by atoms with Gasteiger partial charge in [-0.15, -0.1) is 11.3 Å². The molecule has 19 heavy (non-hydrogen) atoms. The van der Waals surface area contributed by atoms with Crippen LogP contribution in [0.15, 0.2) is 5.38 Å². The van der Waals surface area contributed by atoms with Crippen LogP contribution in [0.4, 0.5) is 5.69 Å². The van der Waals surface area contributed by atoms with Crippen LogP contribution in [-0.4, -0.2) is 37.8 Å². The summed E-state index contributed by atoms with van der Waals surface area (Å²) in [5, 5.41) is 10.4. The number of hydrogen-bond donors (Lipinski definition) is 2. The van der Waals surface area contributed by atoms with Gasteiger partial charge in [0, 0.05) is 0 Å². The van der Waals surface area contributed by atoms with E-state index in [1.807, 2.05) is 0 Å². The molecule has 0 fully saturated rings. The third-order valence-corrected chi connectivity index (χ3v) is 4.26. The molecule has 0 atom stereocenters. The smallest absolute Gasteiger partial charge is 0.348 e. The fraction of sp³-hybridized carbons (Fsp3) is 0.400. The molecule has 7 nitrogen and oxygen atoms in total. The zero-order chi connectivity index (χ0) is 14.6. The van der Waals surface area contributed by atoms with Gasteiger partial charge in [-0.2, -0.15) is 0 Å². The summed E-state index contributed by atoms with van der Waals surface area (Å²) < 4.78 is 30.1. The average Bonchev–Trinajstić information content (AvgIpc) is 2.59. The number of anilines is 1. The molecule has 0 amide bonds. The first-order valence-electron chi connectivity index (χ1n) is 5.24. The number of nitrogens with one attached hydrogen (secondary N) is 1. The molecule has 9 heteroatoms. The van der Waals surface area contributed by atoms with Gasteiger partial charge in [-0.3, -0.25) is 9.52 Å². The Labute approximate surface area is 114 Å². The Balaban J connectivity index is 2.93. The lowest BCUT2D eigenvalue weighted by Crippen LogP contribution is -2.25. The Morgan fingerprint density at radius 2 is 2.11 bits per heavy atom. The molecule has 0 aliphatic rings. The topological polar surface area (TPSA) is 110 Å². The van der Waals surface area contributed by atoms with Gasteiger partial charge in [0.2, 0.25) is 10.0 Å². The maximum atomic E-state index is 11.7. The van der Waals surface area contributed by atoms with Crippen molar-refractivity contribution in [2.24, 2.45) is 0 Å². The third-order valence-electron chi connectivity index (χ3n) is 2.04. The minimum absolute atomic E-state index is 0.0122. The molecule has 0 spiro atoms. The number of thiophene rings is 1. The first kappa shape index (κ1) is 15.4. The van der Waals surface area contributed by atoms with Gasteiger partial charge in [-0.1, -0.05) is 0 Å². The standard InChI is InChI=1S/C10H13NO6S2/c1-3-17-7(12)5-19(15,16)11-8-6(2)4-18-9(8)10(13)14/h4,11H,3,5H2,1-2H3,(H,13,14). The van der Waals surface area contributed by atoms with E-state index in [4.69, 9.17) is 5.11 Å². The minimum atomic E-state index is -3.99. The molecule has 1 heterocycles. The van der Waals surface area contributed by atoms with Crippen LogP contribution < -0.4 is 4.72 Å². The van der Waals surface area contributed by atoms with Gasteiger partial charge in [0.15, 0.2) is 5.75 Å². The summed E-state index contributed by atoms with van der Waals surface area (Å²) in [6.45, 7) is 3.21. The normalized spacial score (nSPS) is 11.1. The molecular weight excluding hydrogens is 294 g/mol. The second kappa shape index (κ2) is 6.02. The van der Waals surface area contributed by atoms with Gasteiger partial charge in [-0.25, -0.2) is 13.2 Å². The van der Waals surface area contributed by atoms with E-state index in [1.54, 1.807) is 13.8 Å². The minimum Gasteiger partial charge on any atom is -0.477 e. The number of aromatic carboxylic acids is 1. The molecule has 1 rings (SSSR count). The highest BCUT2D eigenvalue weighted by atomic mass is 32.2. The number of carbonyl (C=O) groups excluding carboxylic acids is 1. The van der Waals surface area contributed by atoms with Crippen LogP contribution in [0.25, 0.3) is 0 Å². The molecule has 1 aromatic rings. The molecule has 0 saturated heterocycles. The first-order valence-corrected chi connectivity index (χ1v) is 7.77. The van der Waals surface area contributed by atoms with Crippen molar-refractivity contribution in [3.8, 4) is 0 Å². The molecular formula is C10H13NO6S2. The van der Waals surface area contributed by atoms with Crippen molar-refractivity contribution in [1.82, 2.24) is 0 Å². The molecule has 0 aliphatic carbocycles. The van der Waals surface area contributed by atoms with Crippen LogP contribution in [-0.2, 0) is 19.6 Å². The van der Waals surface area contributed by atoms with Crippen LogP contribution in [0.1, 0.15) is 22.2 Å². The number of carboxylic acid groups (broad SMARTS) is 1. The SMILES string of the molecule is CCOC(=O)CS(=O)(=O)Nc1c(C)csc1C(=O)O. The first-order chi connectivity index (χ1) is 8.76. The second-order valence-corrected chi connectivity index (χ2v) is 6.20. The van der Waals surface area contributed by atoms with E-state index in [-0.39, 0.29) is 17.2 Å². The molecule has 0 bridgehead atoms. The van der Waals surface area contributed by atoms with Crippen molar-refractivity contribution >= 4 is 39.0 Å². The molecule has 2 N–H and O–H groups in total. The van der Waals surface area contributed by atoms with E-state index >= 15 is 0 Å². The van der Waals surface area contributed by atoms with Crippen LogP contribution in [0.5, 0.6) is 0 Å². The predicted octanol–water partition coefficient (Wildman–Crippen LogP) is 1.06. The zero-order valence-electron chi connectivity index (χ0n) is 10.3. The molecule has 106 valence electrons. The largest absolute Gasteiger partial charge is 0.477 e. The Morgan fingerprint density at radius 3 is 2.63 bits per heavy atom. The molecule has 0 radical (unpaired) electrons. The number of carbonyl (C=O) groups is 2. The number of ether oxygens (including phenoxy) is 1. The molecule has 0 unspecified atom stereocenters. The van der Waals surface area contributed by atoms with Crippen molar-refractivity contribution in [2.75, 3.05) is 17.1 Å². The van der Waals surface area contributed by atoms with E-state index in [0.717, 1.165) is 11.3 Å². The fourth-order valence-corrected chi connectivity index (χ4v) is 3.23. The van der Waals surface area contributed by atoms with Gasteiger partial charge >= 0.3 is 11.9 Å². The fourth-order valence-electron chi connectivity index (χ4n) is 1.28. The van der Waals surface area contributed by atoms with Gasteiger partial charge < -0.3 is 9.84 Å². The summed E-state index contributed by atoms with van der Waals surface area (Å²) >= 11 is 0.911. The Bertz CT molecular complexity index is 589. The highest BCUT2D eigenvalue weighted by Crippen LogP contribution is 2.28. The lowest BCUT2D eigenvalue weighted by molar-refractivity contribution is -0.139. The number of sulfonamides is 1. The van der Waals surface area contributed by atoms with Gasteiger partial charge in [0.05, 0.1) is 12.3 Å². The van der Waals surface area contributed by atoms with Crippen LogP contribution in [0, 0.1) is 6.92 Å². The number of rotatable bonds is 6. The Hall–Kier alpha value is -1.61. The second-order valence-electron chi connectivity index (χ2n) is 3.59. The van der Waals surface area contributed by atoms with Crippen LogP contribution in [0.2, 0.25) is 0 Å². The van der Waals surface area contributed by atoms with Crippen LogP contribution in [0.3, 0.4) is 0 Å². The lowest BCUT2D eigenvalue weighted by Gasteiger charge is -2.08. The quantitative estimate of drug-likeness (QED) is 0.760. The van der Waals surface area contributed by atoms with Gasteiger partial charge in [-0.05, 0) is 24.8 Å². The molecule has 0 aromatic carbocycles. The van der Waals surface area contributed by atoms with E-state index < -0.39 is 27.7 Å². The number of carboxylic acids is 1. The number of esters is 1.